The van der Waals surface area contributed by atoms with E-state index in [1.165, 1.54) is 12.3 Å². The Bertz CT molecular complexity index is 994. The van der Waals surface area contributed by atoms with Gasteiger partial charge in [0, 0.05) is 19.4 Å². The van der Waals surface area contributed by atoms with Gasteiger partial charge >= 0.3 is 0 Å². The number of nitrogens with zero attached hydrogens (tertiary/aromatic N) is 2. The number of ether oxygens (including phenoxy) is 2. The molecule has 0 saturated carbocycles. The topological polar surface area (TPSA) is 43.3 Å². The first-order chi connectivity index (χ1) is 18.7. The van der Waals surface area contributed by atoms with E-state index in [1.54, 1.807) is 0 Å². The molecule has 1 aromatic carbocycles. The third-order valence-electron chi connectivity index (χ3n) is 6.80. The van der Waals surface area contributed by atoms with Crippen LogP contribution in [0.1, 0.15) is 76.3 Å². The van der Waals surface area contributed by atoms with Crippen LogP contribution >= 0.6 is 11.6 Å². The van der Waals surface area contributed by atoms with Crippen molar-refractivity contribution in [3.8, 4) is 5.75 Å². The van der Waals surface area contributed by atoms with Crippen LogP contribution in [0.2, 0.25) is 0 Å². The molecule has 2 aliphatic rings. The van der Waals surface area contributed by atoms with Crippen LogP contribution in [0.25, 0.3) is 0 Å². The van der Waals surface area contributed by atoms with Gasteiger partial charge in [-0.3, -0.25) is 4.84 Å². The number of allylic oxidation sites excluding steroid dienone is 1. The van der Waals surface area contributed by atoms with Crippen molar-refractivity contribution in [1.82, 2.24) is 5.06 Å². The van der Waals surface area contributed by atoms with Crippen molar-refractivity contribution in [3.63, 3.8) is 0 Å². The minimum Gasteiger partial charge on any atom is -0.490 e. The zero-order valence-electron chi connectivity index (χ0n) is 22.5. The lowest BCUT2D eigenvalue weighted by Crippen LogP contribution is -2.41. The Kier molecular flexibility index (Phi) is 12.3. The van der Waals surface area contributed by atoms with E-state index in [9.17, 15) is 8.78 Å². The number of alkyl halides is 4. The van der Waals surface area contributed by atoms with E-state index in [2.05, 4.69) is 11.9 Å². The number of aryl methyl sites for hydroxylation is 1. The molecular weight excluding hydrogens is 543 g/mol. The van der Waals surface area contributed by atoms with E-state index in [0.717, 1.165) is 36.8 Å². The van der Waals surface area contributed by atoms with Crippen molar-refractivity contribution in [3.05, 3.63) is 41.1 Å². The van der Waals surface area contributed by atoms with E-state index in [-0.39, 0.29) is 42.7 Å². The third-order valence-corrected chi connectivity index (χ3v) is 7.15. The van der Waals surface area contributed by atoms with E-state index < -0.39 is 41.2 Å². The van der Waals surface area contributed by atoms with Crippen molar-refractivity contribution >= 4 is 17.3 Å². The van der Waals surface area contributed by atoms with E-state index in [0.29, 0.717) is 32.5 Å². The first-order valence-corrected chi connectivity index (χ1v) is 14.2. The molecule has 0 fully saturated rings. The molecule has 3 unspecified atom stereocenters. The van der Waals surface area contributed by atoms with Crippen molar-refractivity contribution in [2.45, 2.75) is 89.4 Å². The number of hydrogen-bond donors (Lipinski definition) is 0. The summed E-state index contributed by atoms with van der Waals surface area (Å²) in [6.07, 6.45) is 6.01. The Morgan fingerprint density at radius 2 is 1.79 bits per heavy atom. The van der Waals surface area contributed by atoms with Crippen LogP contribution in [-0.2, 0) is 21.9 Å². The summed E-state index contributed by atoms with van der Waals surface area (Å²) in [7, 11) is 0. The quantitative estimate of drug-likeness (QED) is 0.0864. The molecule has 39 heavy (non-hydrogen) atoms. The highest BCUT2D eigenvalue weighted by Crippen LogP contribution is 2.48. The number of unbranched alkanes of at least 4 members (excludes halogenated alkanes) is 3. The SMILES string of the molecule is CCCCOCCCCOc1cc2c(c(F)c1F)C(F)(F)C(C1=NC(F)N(OCC(Cl)CCCC)C=C1)CC2. The highest BCUT2D eigenvalue weighted by Gasteiger charge is 2.51. The van der Waals surface area contributed by atoms with Crippen LogP contribution in [0.3, 0.4) is 0 Å². The van der Waals surface area contributed by atoms with Gasteiger partial charge in [0.2, 0.25) is 5.82 Å². The molecule has 0 bridgehead atoms. The summed E-state index contributed by atoms with van der Waals surface area (Å²) in [6.45, 7) is 5.43. The number of benzene rings is 1. The van der Waals surface area contributed by atoms with Crippen molar-refractivity contribution in [1.29, 1.82) is 0 Å². The zero-order chi connectivity index (χ0) is 28.4. The standard InChI is InChI=1S/C28H38ClF5N2O3/c1-3-5-9-20(29)18-39-36-13-12-22(35-27(36)32)21-11-10-19-17-23(25(30)26(31)24(19)28(21,33)34)38-16-8-7-15-37-14-6-4-2/h12-13,17,20-21,27H,3-11,14-16,18H2,1-2H3. The summed E-state index contributed by atoms with van der Waals surface area (Å²) in [5.74, 6) is -8.94. The Balaban J connectivity index is 1.62. The van der Waals surface area contributed by atoms with Gasteiger partial charge < -0.3 is 9.47 Å². The smallest absolute Gasteiger partial charge is 0.288 e. The number of halogens is 6. The summed E-state index contributed by atoms with van der Waals surface area (Å²) in [6, 6.07) is 1.14. The van der Waals surface area contributed by atoms with Gasteiger partial charge in [-0.25, -0.2) is 23.2 Å². The molecular formula is C28H38ClF5N2O3. The Morgan fingerprint density at radius 1 is 1.08 bits per heavy atom. The lowest BCUT2D eigenvalue weighted by molar-refractivity contribution is -0.180. The summed E-state index contributed by atoms with van der Waals surface area (Å²) < 4.78 is 86.3. The average Bonchev–Trinajstić information content (AvgIpc) is 2.90. The fourth-order valence-electron chi connectivity index (χ4n) is 4.57. The second-order valence-electron chi connectivity index (χ2n) is 9.85. The number of hydrogen-bond acceptors (Lipinski definition) is 5. The van der Waals surface area contributed by atoms with E-state index >= 15 is 13.2 Å². The van der Waals surface area contributed by atoms with Gasteiger partial charge in [0.05, 0.1) is 35.8 Å². The van der Waals surface area contributed by atoms with Crippen molar-refractivity contribution in [2.24, 2.45) is 10.9 Å². The maximum absolute atomic E-state index is 15.5. The molecule has 1 aliphatic heterocycles. The van der Waals surface area contributed by atoms with E-state index in [4.69, 9.17) is 25.9 Å². The molecule has 1 heterocycles. The third kappa shape index (κ3) is 8.30. The zero-order valence-corrected chi connectivity index (χ0v) is 23.3. The molecule has 5 nitrogen and oxygen atoms in total. The Morgan fingerprint density at radius 3 is 2.51 bits per heavy atom. The lowest BCUT2D eigenvalue weighted by Gasteiger charge is -2.35. The highest BCUT2D eigenvalue weighted by atomic mass is 35.5. The summed E-state index contributed by atoms with van der Waals surface area (Å²) in [5, 5.41) is 0.479. The van der Waals surface area contributed by atoms with Gasteiger partial charge in [-0.05, 0) is 56.2 Å². The minimum absolute atomic E-state index is 0.0315. The second kappa shape index (κ2) is 15.2. The lowest BCUT2D eigenvalue weighted by atomic mass is 9.77. The Hall–Kier alpha value is -1.91. The van der Waals surface area contributed by atoms with Crippen LogP contribution in [0.5, 0.6) is 5.75 Å². The van der Waals surface area contributed by atoms with Gasteiger partial charge in [0.15, 0.2) is 11.6 Å². The normalized spacial score (nSPS) is 21.0. The second-order valence-corrected chi connectivity index (χ2v) is 10.5. The minimum atomic E-state index is -3.81. The van der Waals surface area contributed by atoms with E-state index in [1.807, 2.05) is 6.92 Å². The molecule has 1 aromatic rings. The van der Waals surface area contributed by atoms with Gasteiger partial charge in [-0.1, -0.05) is 33.1 Å². The van der Waals surface area contributed by atoms with Gasteiger partial charge in [-0.2, -0.15) is 8.78 Å². The largest absolute Gasteiger partial charge is 0.490 e. The van der Waals surface area contributed by atoms with Crippen molar-refractivity contribution in [2.75, 3.05) is 26.4 Å². The maximum atomic E-state index is 15.5. The molecule has 0 N–H and O–H groups in total. The molecule has 3 rings (SSSR count). The molecule has 0 radical (unpaired) electrons. The van der Waals surface area contributed by atoms with Gasteiger partial charge in [0.1, 0.15) is 0 Å². The van der Waals surface area contributed by atoms with Crippen LogP contribution in [0.4, 0.5) is 22.0 Å². The predicted molar refractivity (Wildman–Crippen MR) is 141 cm³/mol. The van der Waals surface area contributed by atoms with Gasteiger partial charge in [-0.15, -0.1) is 11.6 Å². The molecule has 3 atom stereocenters. The molecule has 0 saturated heterocycles. The summed E-state index contributed by atoms with van der Waals surface area (Å²) in [5.41, 5.74) is -1.30. The molecule has 11 heteroatoms. The van der Waals surface area contributed by atoms with Crippen molar-refractivity contribution < 1.29 is 36.3 Å². The van der Waals surface area contributed by atoms with Crippen LogP contribution in [0.15, 0.2) is 23.3 Å². The first-order valence-electron chi connectivity index (χ1n) is 13.8. The number of aliphatic imine (C=N–C) groups is 1. The number of hydroxylamine groups is 2. The number of fused-ring (bicyclic) bond motifs is 1. The fraction of sp³-hybridized carbons (Fsp3) is 0.679. The molecule has 1 aliphatic carbocycles. The molecule has 0 amide bonds. The van der Waals surface area contributed by atoms with Crippen LogP contribution < -0.4 is 4.74 Å². The fourth-order valence-corrected chi connectivity index (χ4v) is 4.78. The average molecular weight is 581 g/mol. The van der Waals surface area contributed by atoms with Crippen LogP contribution in [0, 0.1) is 17.6 Å². The van der Waals surface area contributed by atoms with Gasteiger partial charge in [0.25, 0.3) is 12.3 Å². The first kappa shape index (κ1) is 31.6. The molecule has 0 spiro atoms. The Labute approximate surface area is 232 Å². The maximum Gasteiger partial charge on any atom is 0.288 e. The number of rotatable bonds is 16. The summed E-state index contributed by atoms with van der Waals surface area (Å²) >= 11 is 6.15. The van der Waals surface area contributed by atoms with Crippen LogP contribution in [-0.4, -0.2) is 49.0 Å². The monoisotopic (exact) mass is 580 g/mol. The predicted octanol–water partition coefficient (Wildman–Crippen LogP) is 7.85. The molecule has 0 aromatic heterocycles. The summed E-state index contributed by atoms with van der Waals surface area (Å²) in [4.78, 5) is 9.07. The molecule has 220 valence electrons. The highest BCUT2D eigenvalue weighted by molar-refractivity contribution is 6.20.